The monoisotopic (exact) mass is 467 g/mol. The number of ether oxygens (including phenoxy) is 2. The van der Waals surface area contributed by atoms with E-state index in [-0.39, 0.29) is 11.8 Å². The van der Waals surface area contributed by atoms with Gasteiger partial charge < -0.3 is 25.0 Å². The van der Waals surface area contributed by atoms with Gasteiger partial charge in [0.2, 0.25) is 5.91 Å². The number of amides is 3. The molecule has 0 aromatic carbocycles. The van der Waals surface area contributed by atoms with Gasteiger partial charge in [0, 0.05) is 13.1 Å². The molecule has 2 saturated heterocycles. The third kappa shape index (κ3) is 6.75. The Bertz CT molecular complexity index is 777. The second-order valence-corrected chi connectivity index (χ2v) is 9.79. The molecule has 10 nitrogen and oxygen atoms in total. The Morgan fingerprint density at radius 2 is 1.73 bits per heavy atom. The summed E-state index contributed by atoms with van der Waals surface area (Å²) in [5.74, 6) is -2.93. The molecule has 0 aromatic rings. The highest BCUT2D eigenvalue weighted by atomic mass is 16.6. The van der Waals surface area contributed by atoms with Crippen molar-refractivity contribution in [3.8, 4) is 0 Å². The van der Waals surface area contributed by atoms with E-state index < -0.39 is 53.5 Å². The van der Waals surface area contributed by atoms with Crippen molar-refractivity contribution in [1.29, 1.82) is 0 Å². The molecule has 2 rings (SSSR count). The predicted octanol–water partition coefficient (Wildman–Crippen LogP) is 0.918. The van der Waals surface area contributed by atoms with Crippen molar-refractivity contribution >= 4 is 29.7 Å². The Labute approximate surface area is 195 Å². The molecule has 3 amide bonds. The van der Waals surface area contributed by atoms with Gasteiger partial charge in [-0.1, -0.05) is 27.2 Å². The fourth-order valence-corrected chi connectivity index (χ4v) is 3.55. The van der Waals surface area contributed by atoms with Crippen LogP contribution in [0.25, 0.3) is 0 Å². The number of rotatable bonds is 9. The Kier molecular flexibility index (Phi) is 8.99. The first kappa shape index (κ1) is 26.8. The molecule has 0 radical (unpaired) electrons. The number of nitrogens with one attached hydrogen (secondary N) is 2. The number of epoxide rings is 1. The molecule has 0 saturated carbocycles. The standard InChI is InChI=1S/C23H37N3O7/c1-7-11-24-18(27)16-17(32-16)19(28)25-15(13(3)8-2)20(29)26-12-9-10-14(26)21(30)33-22(31)23(4,5)6/h13-17H,7-12H2,1-6H3,(H,24,27)(H,25,28)/t13-,14-,15-,16-,17?/m0/s1. The lowest BCUT2D eigenvalue weighted by molar-refractivity contribution is -0.170. The van der Waals surface area contributed by atoms with Crippen molar-refractivity contribution < 1.29 is 33.4 Å². The zero-order valence-electron chi connectivity index (χ0n) is 20.4. The Morgan fingerprint density at radius 3 is 2.30 bits per heavy atom. The van der Waals surface area contributed by atoms with Crippen molar-refractivity contribution in [3.63, 3.8) is 0 Å². The molecule has 0 bridgehead atoms. The Hall–Kier alpha value is -2.49. The van der Waals surface area contributed by atoms with Gasteiger partial charge in [0.15, 0.2) is 12.2 Å². The van der Waals surface area contributed by atoms with E-state index >= 15 is 0 Å². The Morgan fingerprint density at radius 1 is 1.09 bits per heavy atom. The van der Waals surface area contributed by atoms with Gasteiger partial charge in [-0.15, -0.1) is 0 Å². The molecular weight excluding hydrogens is 430 g/mol. The highest BCUT2D eigenvalue weighted by Crippen LogP contribution is 2.26. The summed E-state index contributed by atoms with van der Waals surface area (Å²) in [7, 11) is 0. The molecule has 10 heteroatoms. The number of nitrogens with zero attached hydrogens (tertiary/aromatic N) is 1. The van der Waals surface area contributed by atoms with Gasteiger partial charge in [-0.25, -0.2) is 4.79 Å². The van der Waals surface area contributed by atoms with Crippen LogP contribution in [0.5, 0.6) is 0 Å². The van der Waals surface area contributed by atoms with Crippen LogP contribution in [0.15, 0.2) is 0 Å². The van der Waals surface area contributed by atoms with Crippen molar-refractivity contribution in [2.75, 3.05) is 13.1 Å². The lowest BCUT2D eigenvalue weighted by atomic mass is 9.97. The van der Waals surface area contributed by atoms with Crippen LogP contribution in [-0.4, -0.2) is 71.9 Å². The number of hydrogen-bond acceptors (Lipinski definition) is 7. The summed E-state index contributed by atoms with van der Waals surface area (Å²) in [5, 5.41) is 5.40. The maximum absolute atomic E-state index is 13.4. The first-order valence-electron chi connectivity index (χ1n) is 11.7. The molecular formula is C23H37N3O7. The molecule has 2 heterocycles. The summed E-state index contributed by atoms with van der Waals surface area (Å²) in [4.78, 5) is 64.2. The van der Waals surface area contributed by atoms with Crippen LogP contribution in [0.4, 0.5) is 0 Å². The van der Waals surface area contributed by atoms with Crippen molar-refractivity contribution in [1.82, 2.24) is 15.5 Å². The lowest BCUT2D eigenvalue weighted by Crippen LogP contribution is -2.55. The van der Waals surface area contributed by atoms with Crippen LogP contribution in [-0.2, 0) is 33.4 Å². The van der Waals surface area contributed by atoms with Crippen LogP contribution < -0.4 is 10.6 Å². The van der Waals surface area contributed by atoms with Crippen molar-refractivity contribution in [2.24, 2.45) is 11.3 Å². The number of likely N-dealkylation sites (tertiary alicyclic amines) is 1. The molecule has 2 N–H and O–H groups in total. The maximum atomic E-state index is 13.4. The summed E-state index contributed by atoms with van der Waals surface area (Å²) in [6.07, 6.45) is 0.539. The van der Waals surface area contributed by atoms with E-state index in [4.69, 9.17) is 9.47 Å². The number of carbonyl (C=O) groups is 5. The first-order chi connectivity index (χ1) is 15.4. The van der Waals surface area contributed by atoms with Crippen LogP contribution in [0.2, 0.25) is 0 Å². The van der Waals surface area contributed by atoms with Gasteiger partial charge in [-0.2, -0.15) is 0 Å². The van der Waals surface area contributed by atoms with E-state index in [2.05, 4.69) is 10.6 Å². The molecule has 0 spiro atoms. The SMILES string of the molecule is CCCNC(=O)[C@H]1OC1C(=O)N[C@H](C(=O)N1CCC[C@H]1C(=O)OC(=O)C(C)(C)C)[C@@H](C)CC. The molecule has 1 unspecified atom stereocenters. The number of carbonyl (C=O) groups excluding carboxylic acids is 5. The van der Waals surface area contributed by atoms with Gasteiger partial charge >= 0.3 is 11.9 Å². The van der Waals surface area contributed by atoms with Crippen LogP contribution in [0.3, 0.4) is 0 Å². The first-order valence-corrected chi connectivity index (χ1v) is 11.7. The van der Waals surface area contributed by atoms with Crippen molar-refractivity contribution in [3.05, 3.63) is 0 Å². The molecule has 33 heavy (non-hydrogen) atoms. The minimum absolute atomic E-state index is 0.221. The molecule has 5 atom stereocenters. The molecule has 2 fully saturated rings. The fraction of sp³-hybridized carbons (Fsp3) is 0.783. The third-order valence-electron chi connectivity index (χ3n) is 5.95. The van der Waals surface area contributed by atoms with Gasteiger partial charge in [-0.3, -0.25) is 19.2 Å². The summed E-state index contributed by atoms with van der Waals surface area (Å²) >= 11 is 0. The Balaban J connectivity index is 2.06. The van der Waals surface area contributed by atoms with E-state index in [0.717, 1.165) is 6.42 Å². The van der Waals surface area contributed by atoms with Gasteiger partial charge in [0.05, 0.1) is 5.41 Å². The van der Waals surface area contributed by atoms with E-state index in [1.165, 1.54) is 4.90 Å². The van der Waals surface area contributed by atoms with Gasteiger partial charge in [-0.05, 0) is 46.0 Å². The number of hydrogen-bond donors (Lipinski definition) is 2. The van der Waals surface area contributed by atoms with Crippen LogP contribution in [0.1, 0.15) is 67.2 Å². The van der Waals surface area contributed by atoms with Gasteiger partial charge in [0.1, 0.15) is 12.1 Å². The quantitative estimate of drug-likeness (QED) is 0.292. The van der Waals surface area contributed by atoms with Crippen molar-refractivity contribution in [2.45, 2.75) is 91.5 Å². The topological polar surface area (TPSA) is 134 Å². The minimum atomic E-state index is -0.940. The largest absolute Gasteiger partial charge is 0.391 e. The summed E-state index contributed by atoms with van der Waals surface area (Å²) in [5.41, 5.74) is -0.847. The average molecular weight is 468 g/mol. The smallest absolute Gasteiger partial charge is 0.336 e. The van der Waals surface area contributed by atoms with E-state index in [9.17, 15) is 24.0 Å². The second kappa shape index (κ2) is 11.1. The van der Waals surface area contributed by atoms with E-state index in [1.807, 2.05) is 20.8 Å². The predicted molar refractivity (Wildman–Crippen MR) is 119 cm³/mol. The third-order valence-corrected chi connectivity index (χ3v) is 5.95. The summed E-state index contributed by atoms with van der Waals surface area (Å²) in [6, 6.07) is -1.77. The van der Waals surface area contributed by atoms with Gasteiger partial charge in [0.25, 0.3) is 11.8 Å². The molecule has 0 aliphatic carbocycles. The summed E-state index contributed by atoms with van der Waals surface area (Å²) < 4.78 is 10.3. The van der Waals surface area contributed by atoms with Crippen LogP contribution >= 0.6 is 0 Å². The molecule has 186 valence electrons. The summed E-state index contributed by atoms with van der Waals surface area (Å²) in [6.45, 7) is 11.4. The second-order valence-electron chi connectivity index (χ2n) is 9.79. The highest BCUT2D eigenvalue weighted by molar-refractivity contribution is 5.98. The van der Waals surface area contributed by atoms with Crippen LogP contribution in [0, 0.1) is 11.3 Å². The molecule has 2 aliphatic heterocycles. The van der Waals surface area contributed by atoms with E-state index in [0.29, 0.717) is 32.4 Å². The number of esters is 2. The molecule has 0 aromatic heterocycles. The highest BCUT2D eigenvalue weighted by Gasteiger charge is 2.51. The lowest BCUT2D eigenvalue weighted by Gasteiger charge is -2.31. The maximum Gasteiger partial charge on any atom is 0.336 e. The zero-order valence-corrected chi connectivity index (χ0v) is 20.4. The fourth-order valence-electron chi connectivity index (χ4n) is 3.55. The normalized spacial score (nSPS) is 23.9. The minimum Gasteiger partial charge on any atom is -0.391 e. The molecule has 2 aliphatic rings. The average Bonchev–Trinajstić information content (AvgIpc) is 3.41. The zero-order chi connectivity index (χ0) is 24.9. The van der Waals surface area contributed by atoms with E-state index in [1.54, 1.807) is 20.8 Å².